The molecule has 3 aliphatic carbocycles. The topological polar surface area (TPSA) is 17.1 Å². The Morgan fingerprint density at radius 2 is 1.30 bits per heavy atom. The quantitative estimate of drug-likeness (QED) is 0.368. The van der Waals surface area contributed by atoms with Crippen molar-refractivity contribution in [1.82, 2.24) is 0 Å². The third-order valence-electron chi connectivity index (χ3n) is 9.53. The largest absolute Gasteiger partial charge is 0.300 e. The summed E-state index contributed by atoms with van der Waals surface area (Å²) in [5.41, 5.74) is 2.86. The van der Waals surface area contributed by atoms with Gasteiger partial charge in [0.05, 0.1) is 0 Å². The lowest BCUT2D eigenvalue weighted by Crippen LogP contribution is -2.22. The van der Waals surface area contributed by atoms with Gasteiger partial charge in [-0.1, -0.05) is 136 Å². The highest BCUT2D eigenvalue weighted by Gasteiger charge is 2.24. The molecular formula is C36H62O. The summed E-state index contributed by atoms with van der Waals surface area (Å²) in [4.78, 5) is 11.0. The summed E-state index contributed by atoms with van der Waals surface area (Å²) < 4.78 is 0. The molecule has 0 radical (unpaired) electrons. The van der Waals surface area contributed by atoms with Crippen molar-refractivity contribution < 1.29 is 4.79 Å². The molecule has 0 aromatic heterocycles. The summed E-state index contributed by atoms with van der Waals surface area (Å²) in [5.74, 6) is 5.39. The van der Waals surface area contributed by atoms with Crippen LogP contribution in [0.4, 0.5) is 0 Å². The Labute approximate surface area is 232 Å². The first-order chi connectivity index (χ1) is 17.7. The van der Waals surface area contributed by atoms with Crippen molar-refractivity contribution >= 4 is 5.78 Å². The second-order valence-electron chi connectivity index (χ2n) is 12.3. The normalized spacial score (nSPS) is 28.9. The maximum Gasteiger partial charge on any atom is 0.133 e. The van der Waals surface area contributed by atoms with Gasteiger partial charge in [0.1, 0.15) is 5.78 Å². The maximum absolute atomic E-state index is 11.0. The lowest BCUT2D eigenvalue weighted by Gasteiger charge is -2.27. The molecule has 0 spiro atoms. The molecule has 6 unspecified atom stereocenters. The Bertz CT molecular complexity index is 747. The number of carbonyl (C=O) groups excluding carboxylic acids is 1. The zero-order chi connectivity index (χ0) is 27.6. The first kappa shape index (κ1) is 33.7. The molecule has 4 rings (SSSR count). The zero-order valence-corrected chi connectivity index (χ0v) is 26.0. The van der Waals surface area contributed by atoms with Gasteiger partial charge in [-0.05, 0) is 80.2 Å². The van der Waals surface area contributed by atoms with E-state index in [1.165, 1.54) is 81.8 Å². The van der Waals surface area contributed by atoms with Gasteiger partial charge in [-0.15, -0.1) is 0 Å². The number of ketones is 1. The van der Waals surface area contributed by atoms with Crippen LogP contribution < -0.4 is 0 Å². The first-order valence-electron chi connectivity index (χ1n) is 15.9. The van der Waals surface area contributed by atoms with Crippen molar-refractivity contribution in [3.8, 4) is 0 Å². The van der Waals surface area contributed by atoms with Crippen LogP contribution >= 0.6 is 0 Å². The summed E-state index contributed by atoms with van der Waals surface area (Å²) in [6.45, 7) is 17.6. The smallest absolute Gasteiger partial charge is 0.133 e. The van der Waals surface area contributed by atoms with E-state index in [9.17, 15) is 4.79 Å². The highest BCUT2D eigenvalue weighted by molar-refractivity contribution is 5.78. The third kappa shape index (κ3) is 13.3. The average molecular weight is 511 g/mol. The van der Waals surface area contributed by atoms with Gasteiger partial charge in [-0.3, -0.25) is 4.79 Å². The fourth-order valence-electron chi connectivity index (χ4n) is 6.50. The fraction of sp³-hybridized carbons (Fsp3) is 0.750. The first-order valence-corrected chi connectivity index (χ1v) is 15.9. The number of aryl methyl sites for hydroxylation is 2. The Morgan fingerprint density at radius 1 is 0.730 bits per heavy atom. The molecule has 37 heavy (non-hydrogen) atoms. The molecule has 6 atom stereocenters. The van der Waals surface area contributed by atoms with E-state index in [1.807, 2.05) is 0 Å². The summed E-state index contributed by atoms with van der Waals surface area (Å²) in [6, 6.07) is 8.49. The SMILES string of the molecule is CC(=O)C1CCCCC1C.CCC1CC=CCC1C.CCC1CCCCC1C.CCc1ccccc1C. The van der Waals surface area contributed by atoms with Crippen molar-refractivity contribution in [2.75, 3.05) is 0 Å². The zero-order valence-electron chi connectivity index (χ0n) is 26.0. The predicted octanol–water partition coefficient (Wildman–Crippen LogP) is 11.2. The van der Waals surface area contributed by atoms with Crippen LogP contribution in [0.25, 0.3) is 0 Å². The van der Waals surface area contributed by atoms with Crippen LogP contribution in [0.15, 0.2) is 36.4 Å². The van der Waals surface area contributed by atoms with Gasteiger partial charge in [0.2, 0.25) is 0 Å². The monoisotopic (exact) mass is 510 g/mol. The second kappa shape index (κ2) is 19.7. The summed E-state index contributed by atoms with van der Waals surface area (Å²) in [5, 5.41) is 0. The molecule has 0 bridgehead atoms. The van der Waals surface area contributed by atoms with Gasteiger partial charge in [0.25, 0.3) is 0 Å². The van der Waals surface area contributed by atoms with Crippen molar-refractivity contribution in [3.63, 3.8) is 0 Å². The van der Waals surface area contributed by atoms with Gasteiger partial charge in [-0.25, -0.2) is 0 Å². The second-order valence-corrected chi connectivity index (χ2v) is 12.3. The van der Waals surface area contributed by atoms with Crippen LogP contribution in [-0.2, 0) is 11.2 Å². The van der Waals surface area contributed by atoms with Gasteiger partial charge in [0.15, 0.2) is 0 Å². The van der Waals surface area contributed by atoms with Crippen LogP contribution in [0.3, 0.4) is 0 Å². The fourth-order valence-corrected chi connectivity index (χ4v) is 6.50. The number of benzene rings is 1. The van der Waals surface area contributed by atoms with Gasteiger partial charge >= 0.3 is 0 Å². The molecule has 2 fully saturated rings. The van der Waals surface area contributed by atoms with Crippen molar-refractivity contribution in [2.45, 2.75) is 139 Å². The average Bonchev–Trinajstić information content (AvgIpc) is 2.91. The highest BCUT2D eigenvalue weighted by Crippen LogP contribution is 2.31. The maximum atomic E-state index is 11.0. The van der Waals surface area contributed by atoms with Gasteiger partial charge in [-0.2, -0.15) is 0 Å². The molecule has 0 amide bonds. The molecule has 2 saturated carbocycles. The predicted molar refractivity (Wildman–Crippen MR) is 165 cm³/mol. The Morgan fingerprint density at radius 3 is 1.70 bits per heavy atom. The van der Waals surface area contributed by atoms with Crippen LogP contribution in [0.1, 0.15) is 137 Å². The van der Waals surface area contributed by atoms with Gasteiger partial charge in [0, 0.05) is 5.92 Å². The van der Waals surface area contributed by atoms with E-state index >= 15 is 0 Å². The van der Waals surface area contributed by atoms with E-state index in [0.29, 0.717) is 17.6 Å². The molecule has 0 heterocycles. The Kier molecular flexibility index (Phi) is 17.9. The van der Waals surface area contributed by atoms with Crippen molar-refractivity contribution in [1.29, 1.82) is 0 Å². The number of rotatable bonds is 4. The van der Waals surface area contributed by atoms with Gasteiger partial charge < -0.3 is 0 Å². The lowest BCUT2D eigenvalue weighted by molar-refractivity contribution is -0.123. The van der Waals surface area contributed by atoms with Crippen LogP contribution in [0, 0.1) is 42.4 Å². The van der Waals surface area contributed by atoms with E-state index in [1.54, 1.807) is 6.92 Å². The molecule has 1 heteroatoms. The van der Waals surface area contributed by atoms with Crippen LogP contribution in [0.2, 0.25) is 0 Å². The summed E-state index contributed by atoms with van der Waals surface area (Å²) in [6.07, 6.45) is 22.1. The van der Waals surface area contributed by atoms with Crippen LogP contribution in [0.5, 0.6) is 0 Å². The molecule has 212 valence electrons. The Hall–Kier alpha value is -1.37. The third-order valence-corrected chi connectivity index (χ3v) is 9.53. The van der Waals surface area contributed by atoms with E-state index in [0.717, 1.165) is 36.5 Å². The van der Waals surface area contributed by atoms with Crippen LogP contribution in [-0.4, -0.2) is 5.78 Å². The number of hydrogen-bond donors (Lipinski definition) is 0. The van der Waals surface area contributed by atoms with E-state index < -0.39 is 0 Å². The molecular weight excluding hydrogens is 448 g/mol. The summed E-state index contributed by atoms with van der Waals surface area (Å²) in [7, 11) is 0. The minimum absolute atomic E-state index is 0.383. The number of carbonyl (C=O) groups is 1. The van der Waals surface area contributed by atoms with E-state index in [4.69, 9.17) is 0 Å². The lowest BCUT2D eigenvalue weighted by atomic mass is 9.78. The highest BCUT2D eigenvalue weighted by atomic mass is 16.1. The molecule has 0 aliphatic heterocycles. The minimum atomic E-state index is 0.383. The molecule has 1 nitrogen and oxygen atoms in total. The molecule has 3 aliphatic rings. The Balaban J connectivity index is 0.000000247. The minimum Gasteiger partial charge on any atom is -0.300 e. The molecule has 1 aromatic rings. The van der Waals surface area contributed by atoms with Crippen molar-refractivity contribution in [2.24, 2.45) is 35.5 Å². The number of allylic oxidation sites excluding steroid dienone is 2. The van der Waals surface area contributed by atoms with Crippen molar-refractivity contribution in [3.05, 3.63) is 47.5 Å². The molecule has 0 saturated heterocycles. The molecule has 1 aromatic carbocycles. The standard InChI is InChI=1S/C9H16O.C9H18.C9H16.C9H12/c1-7-5-3-4-6-9(7)8(2)10;3*1-3-9-7-5-4-6-8(9)2/h7,9H,3-6H2,1-2H3;8-9H,3-7H2,1-2H3;4-5,8-9H,3,6-7H2,1-2H3;4-7H,3H2,1-2H3. The number of Topliss-reactive ketones (excluding diaryl/α,β-unsaturated/α-hetero) is 1. The number of hydrogen-bond acceptors (Lipinski definition) is 1. The summed E-state index contributed by atoms with van der Waals surface area (Å²) >= 11 is 0. The van der Waals surface area contributed by atoms with E-state index in [2.05, 4.69) is 84.9 Å². The van der Waals surface area contributed by atoms with E-state index in [-0.39, 0.29) is 0 Å². The molecule has 0 N–H and O–H groups in total.